The maximum Gasteiger partial charge on any atom is 0.433 e. The summed E-state index contributed by atoms with van der Waals surface area (Å²) in [6.45, 7) is 1.44. The average Bonchev–Trinajstić information content (AvgIpc) is 3.06. The highest BCUT2D eigenvalue weighted by atomic mass is 19.4. The highest BCUT2D eigenvalue weighted by Crippen LogP contribution is 2.33. The Hall–Kier alpha value is -3.16. The molecule has 3 rings (SSSR count). The fraction of sp³-hybridized carbons (Fsp3) is 0.167. The van der Waals surface area contributed by atoms with Gasteiger partial charge in [-0.05, 0) is 23.8 Å². The summed E-state index contributed by atoms with van der Waals surface area (Å²) in [5, 5.41) is 6.63. The molecule has 0 amide bonds. The molecule has 1 N–H and O–H groups in total. The number of alkyl halides is 3. The first kappa shape index (κ1) is 17.7. The molecular weight excluding hydrogens is 349 g/mol. The third kappa shape index (κ3) is 3.17. The van der Waals surface area contributed by atoms with Crippen LogP contribution in [0.15, 0.2) is 42.5 Å². The summed E-state index contributed by atoms with van der Waals surface area (Å²) < 4.78 is 44.5. The molecule has 0 bridgehead atoms. The van der Waals surface area contributed by atoms with E-state index in [0.717, 1.165) is 5.39 Å². The number of aromatic nitrogens is 2. The molecule has 0 saturated carbocycles. The molecule has 0 fully saturated rings. The Morgan fingerprint density at radius 2 is 1.81 bits per heavy atom. The Bertz CT molecular complexity index is 993. The standard InChI is InChI=1S/C18H13F3N2O3/c1-2-26-17(25)14-13(16(23-22-14)18(19,20)21)15(24)12-8-7-10-5-3-4-6-11(10)9-12/h3-9H,2H2,1H3,(H,22,23). The molecule has 0 aliphatic heterocycles. The van der Waals surface area contributed by atoms with Crippen LogP contribution in [0.5, 0.6) is 0 Å². The predicted octanol–water partition coefficient (Wildman–Crippen LogP) is 3.99. The van der Waals surface area contributed by atoms with Gasteiger partial charge in [0.1, 0.15) is 0 Å². The number of carbonyl (C=O) groups is 2. The van der Waals surface area contributed by atoms with Gasteiger partial charge in [-0.3, -0.25) is 9.89 Å². The second-order valence-electron chi connectivity index (χ2n) is 5.43. The third-order valence-corrected chi connectivity index (χ3v) is 3.76. The van der Waals surface area contributed by atoms with E-state index in [1.165, 1.54) is 19.1 Å². The number of esters is 1. The van der Waals surface area contributed by atoms with Crippen LogP contribution in [-0.2, 0) is 10.9 Å². The Labute approximate surface area is 145 Å². The van der Waals surface area contributed by atoms with Crippen molar-refractivity contribution >= 4 is 22.5 Å². The van der Waals surface area contributed by atoms with Crippen LogP contribution in [-0.4, -0.2) is 28.6 Å². The van der Waals surface area contributed by atoms with Crippen molar-refractivity contribution in [2.24, 2.45) is 0 Å². The van der Waals surface area contributed by atoms with E-state index in [2.05, 4.69) is 5.10 Å². The van der Waals surface area contributed by atoms with Crippen molar-refractivity contribution in [1.29, 1.82) is 0 Å². The normalized spacial score (nSPS) is 11.5. The maximum absolute atomic E-state index is 13.3. The molecule has 26 heavy (non-hydrogen) atoms. The number of hydrogen-bond acceptors (Lipinski definition) is 4. The lowest BCUT2D eigenvalue weighted by Crippen LogP contribution is -2.17. The molecule has 0 radical (unpaired) electrons. The molecule has 1 heterocycles. The molecule has 0 spiro atoms. The van der Waals surface area contributed by atoms with Crippen LogP contribution in [0.1, 0.15) is 39.0 Å². The van der Waals surface area contributed by atoms with Gasteiger partial charge in [0, 0.05) is 5.56 Å². The number of carbonyl (C=O) groups excluding carboxylic acids is 2. The van der Waals surface area contributed by atoms with Gasteiger partial charge in [0.15, 0.2) is 17.2 Å². The molecule has 0 saturated heterocycles. The van der Waals surface area contributed by atoms with Gasteiger partial charge < -0.3 is 4.74 Å². The topological polar surface area (TPSA) is 72.0 Å². The van der Waals surface area contributed by atoms with Crippen LogP contribution in [0, 0.1) is 0 Å². The summed E-state index contributed by atoms with van der Waals surface area (Å²) in [5.41, 5.74) is -2.89. The number of fused-ring (bicyclic) bond motifs is 1. The van der Waals surface area contributed by atoms with E-state index in [-0.39, 0.29) is 12.2 Å². The maximum atomic E-state index is 13.3. The number of H-pyrrole nitrogens is 1. The first-order valence-corrected chi connectivity index (χ1v) is 7.69. The first-order chi connectivity index (χ1) is 12.3. The first-order valence-electron chi connectivity index (χ1n) is 7.69. The van der Waals surface area contributed by atoms with Crippen LogP contribution in [0.3, 0.4) is 0 Å². The van der Waals surface area contributed by atoms with Crippen LogP contribution < -0.4 is 0 Å². The summed E-state index contributed by atoms with van der Waals surface area (Å²) >= 11 is 0. The van der Waals surface area contributed by atoms with Crippen molar-refractivity contribution in [1.82, 2.24) is 10.2 Å². The number of benzene rings is 2. The van der Waals surface area contributed by atoms with Gasteiger partial charge in [0.2, 0.25) is 0 Å². The van der Waals surface area contributed by atoms with Crippen molar-refractivity contribution in [2.45, 2.75) is 13.1 Å². The summed E-state index contributed by atoms with van der Waals surface area (Å²) in [6, 6.07) is 11.6. The van der Waals surface area contributed by atoms with E-state index in [4.69, 9.17) is 4.74 Å². The number of rotatable bonds is 4. The Morgan fingerprint density at radius 3 is 2.46 bits per heavy atom. The number of nitrogens with zero attached hydrogens (tertiary/aromatic N) is 1. The fourth-order valence-electron chi connectivity index (χ4n) is 2.59. The SMILES string of the molecule is CCOC(=O)c1n[nH]c(C(F)(F)F)c1C(=O)c1ccc2ccccc2c1. The lowest BCUT2D eigenvalue weighted by Gasteiger charge is -2.09. The fourth-order valence-corrected chi connectivity index (χ4v) is 2.59. The summed E-state index contributed by atoms with van der Waals surface area (Å²) in [6.07, 6.45) is -4.88. The summed E-state index contributed by atoms with van der Waals surface area (Å²) in [5.74, 6) is -2.05. The molecule has 0 atom stereocenters. The number of hydrogen-bond donors (Lipinski definition) is 1. The molecule has 3 aromatic rings. The van der Waals surface area contributed by atoms with E-state index in [1.807, 2.05) is 6.07 Å². The summed E-state index contributed by atoms with van der Waals surface area (Å²) in [7, 11) is 0. The quantitative estimate of drug-likeness (QED) is 0.563. The molecule has 134 valence electrons. The van der Waals surface area contributed by atoms with Crippen molar-refractivity contribution in [3.05, 3.63) is 65.0 Å². The van der Waals surface area contributed by atoms with Crippen molar-refractivity contribution < 1.29 is 27.5 Å². The molecule has 0 aliphatic rings. The monoisotopic (exact) mass is 362 g/mol. The molecule has 2 aromatic carbocycles. The number of ether oxygens (including phenoxy) is 1. The van der Waals surface area contributed by atoms with Gasteiger partial charge in [-0.15, -0.1) is 0 Å². The zero-order valence-corrected chi connectivity index (χ0v) is 13.6. The van der Waals surface area contributed by atoms with Crippen molar-refractivity contribution in [3.63, 3.8) is 0 Å². The highest BCUT2D eigenvalue weighted by Gasteiger charge is 2.41. The molecule has 5 nitrogen and oxygen atoms in total. The third-order valence-electron chi connectivity index (χ3n) is 3.76. The zero-order valence-electron chi connectivity index (χ0n) is 13.6. The molecular formula is C18H13F3N2O3. The second-order valence-corrected chi connectivity index (χ2v) is 5.43. The summed E-state index contributed by atoms with van der Waals surface area (Å²) in [4.78, 5) is 24.7. The minimum absolute atomic E-state index is 0.0150. The van der Waals surface area contributed by atoms with Crippen LogP contribution >= 0.6 is 0 Å². The van der Waals surface area contributed by atoms with E-state index < -0.39 is 34.9 Å². The molecule has 1 aromatic heterocycles. The smallest absolute Gasteiger partial charge is 0.433 e. The van der Waals surface area contributed by atoms with Crippen LogP contribution in [0.4, 0.5) is 13.2 Å². The van der Waals surface area contributed by atoms with Crippen LogP contribution in [0.2, 0.25) is 0 Å². The Morgan fingerprint density at radius 1 is 1.12 bits per heavy atom. The minimum atomic E-state index is -4.88. The van der Waals surface area contributed by atoms with Crippen LogP contribution in [0.25, 0.3) is 10.8 Å². The van der Waals surface area contributed by atoms with Gasteiger partial charge in [0.25, 0.3) is 0 Å². The minimum Gasteiger partial charge on any atom is -0.461 e. The van der Waals surface area contributed by atoms with E-state index >= 15 is 0 Å². The highest BCUT2D eigenvalue weighted by molar-refractivity contribution is 6.15. The number of nitrogens with one attached hydrogen (secondary N) is 1. The Balaban J connectivity index is 2.14. The number of ketones is 1. The van der Waals surface area contributed by atoms with Gasteiger partial charge >= 0.3 is 12.1 Å². The van der Waals surface area contributed by atoms with Gasteiger partial charge in [0.05, 0.1) is 12.2 Å². The molecule has 0 unspecified atom stereocenters. The lowest BCUT2D eigenvalue weighted by atomic mass is 9.98. The second kappa shape index (κ2) is 6.62. The van der Waals surface area contributed by atoms with E-state index in [9.17, 15) is 22.8 Å². The zero-order chi connectivity index (χ0) is 18.9. The van der Waals surface area contributed by atoms with Crippen molar-refractivity contribution in [2.75, 3.05) is 6.61 Å². The van der Waals surface area contributed by atoms with Gasteiger partial charge in [-0.1, -0.05) is 36.4 Å². The van der Waals surface area contributed by atoms with E-state index in [1.54, 1.807) is 29.4 Å². The molecule has 0 aliphatic carbocycles. The Kier molecular flexibility index (Phi) is 4.50. The lowest BCUT2D eigenvalue weighted by molar-refractivity contribution is -0.141. The van der Waals surface area contributed by atoms with Gasteiger partial charge in [-0.2, -0.15) is 18.3 Å². The van der Waals surface area contributed by atoms with Gasteiger partial charge in [-0.25, -0.2) is 4.79 Å². The predicted molar refractivity (Wildman–Crippen MR) is 86.9 cm³/mol. The van der Waals surface area contributed by atoms with E-state index in [0.29, 0.717) is 5.39 Å². The molecule has 8 heteroatoms. The average molecular weight is 362 g/mol. The number of aromatic amines is 1. The van der Waals surface area contributed by atoms with Crippen molar-refractivity contribution in [3.8, 4) is 0 Å². The largest absolute Gasteiger partial charge is 0.461 e. The number of halogens is 3.